The monoisotopic (exact) mass is 405 g/mol. The summed E-state index contributed by atoms with van der Waals surface area (Å²) in [6.45, 7) is 4.19. The van der Waals surface area contributed by atoms with Crippen LogP contribution in [0.3, 0.4) is 0 Å². The molecule has 1 N–H and O–H groups in total. The Hall–Kier alpha value is -2.07. The van der Waals surface area contributed by atoms with E-state index in [0.717, 1.165) is 30.4 Å². The van der Waals surface area contributed by atoms with E-state index in [1.54, 1.807) is 7.11 Å². The molecule has 2 aromatic carbocycles. The van der Waals surface area contributed by atoms with E-state index in [1.165, 1.54) is 23.8 Å². The smallest absolute Gasteiger partial charge is 0.231 e. The van der Waals surface area contributed by atoms with Gasteiger partial charge in [-0.15, -0.1) is 0 Å². The Morgan fingerprint density at radius 3 is 2.30 bits per heavy atom. The van der Waals surface area contributed by atoms with Gasteiger partial charge in [0, 0.05) is 11.4 Å². The SMILES string of the molecule is COc1ccc(C2N([C@H]3C4CC5CC3C[C@](O)(C5)C4)C(=O)C2(C)C)c2ccccc12. The van der Waals surface area contributed by atoms with Gasteiger partial charge in [-0.2, -0.15) is 0 Å². The van der Waals surface area contributed by atoms with Crippen LogP contribution in [0.15, 0.2) is 36.4 Å². The van der Waals surface area contributed by atoms with Crippen LogP contribution in [0.5, 0.6) is 5.75 Å². The number of rotatable bonds is 3. The normalized spacial score (nSPS) is 38.7. The van der Waals surface area contributed by atoms with Crippen molar-refractivity contribution < 1.29 is 14.6 Å². The predicted molar refractivity (Wildman–Crippen MR) is 116 cm³/mol. The number of aliphatic hydroxyl groups is 1. The van der Waals surface area contributed by atoms with Gasteiger partial charge in [0.1, 0.15) is 5.75 Å². The summed E-state index contributed by atoms with van der Waals surface area (Å²) in [7, 11) is 1.71. The summed E-state index contributed by atoms with van der Waals surface area (Å²) in [6.07, 6.45) is 5.04. The van der Waals surface area contributed by atoms with E-state index in [1.807, 2.05) is 12.1 Å². The summed E-state index contributed by atoms with van der Waals surface area (Å²) < 4.78 is 5.61. The molecule has 5 aliphatic rings. The molecule has 3 unspecified atom stereocenters. The van der Waals surface area contributed by atoms with E-state index < -0.39 is 11.0 Å². The van der Waals surface area contributed by atoms with E-state index in [4.69, 9.17) is 4.74 Å². The molecule has 4 nitrogen and oxygen atoms in total. The van der Waals surface area contributed by atoms with Crippen molar-refractivity contribution in [2.75, 3.05) is 7.11 Å². The lowest BCUT2D eigenvalue weighted by atomic mass is 9.50. The van der Waals surface area contributed by atoms with Gasteiger partial charge in [0.15, 0.2) is 0 Å². The van der Waals surface area contributed by atoms with Crippen molar-refractivity contribution >= 4 is 16.7 Å². The van der Waals surface area contributed by atoms with Crippen LogP contribution < -0.4 is 4.74 Å². The van der Waals surface area contributed by atoms with Crippen LogP contribution in [-0.2, 0) is 4.79 Å². The molecule has 158 valence electrons. The minimum atomic E-state index is -0.473. The molecule has 1 heterocycles. The van der Waals surface area contributed by atoms with Gasteiger partial charge >= 0.3 is 0 Å². The Morgan fingerprint density at radius 2 is 1.67 bits per heavy atom. The van der Waals surface area contributed by atoms with Crippen LogP contribution in [0.1, 0.15) is 57.6 Å². The fraction of sp³-hybridized carbons (Fsp3) is 0.577. The van der Waals surface area contributed by atoms with Gasteiger partial charge in [0.2, 0.25) is 5.91 Å². The molecule has 1 aliphatic heterocycles. The highest BCUT2D eigenvalue weighted by Gasteiger charge is 2.64. The molecule has 1 saturated heterocycles. The number of benzene rings is 2. The van der Waals surface area contributed by atoms with Gasteiger partial charge in [-0.3, -0.25) is 4.79 Å². The second-order valence-electron chi connectivity index (χ2n) is 10.9. The minimum absolute atomic E-state index is 0.0676. The first-order valence-electron chi connectivity index (χ1n) is 11.4. The molecule has 4 heteroatoms. The number of likely N-dealkylation sites (tertiary alicyclic amines) is 1. The number of carbonyl (C=O) groups excluding carboxylic acids is 1. The second-order valence-corrected chi connectivity index (χ2v) is 10.9. The molecule has 4 bridgehead atoms. The van der Waals surface area contributed by atoms with Gasteiger partial charge < -0.3 is 14.7 Å². The van der Waals surface area contributed by atoms with E-state index in [-0.39, 0.29) is 18.0 Å². The third kappa shape index (κ3) is 2.34. The predicted octanol–water partition coefficient (Wildman–Crippen LogP) is 4.70. The van der Waals surface area contributed by atoms with Crippen LogP contribution in [0.4, 0.5) is 0 Å². The lowest BCUT2D eigenvalue weighted by Crippen LogP contribution is -2.71. The molecule has 3 atom stereocenters. The lowest BCUT2D eigenvalue weighted by molar-refractivity contribution is -0.208. The molecule has 0 aromatic heterocycles. The van der Waals surface area contributed by atoms with Gasteiger partial charge in [-0.1, -0.05) is 30.3 Å². The molecule has 5 fully saturated rings. The zero-order valence-electron chi connectivity index (χ0n) is 18.1. The first-order chi connectivity index (χ1) is 14.3. The molecule has 4 saturated carbocycles. The number of ether oxygens (including phenoxy) is 1. The zero-order chi connectivity index (χ0) is 20.8. The Balaban J connectivity index is 1.45. The van der Waals surface area contributed by atoms with E-state index in [0.29, 0.717) is 17.8 Å². The third-order valence-corrected chi connectivity index (χ3v) is 8.69. The Labute approximate surface area is 178 Å². The Kier molecular flexibility index (Phi) is 3.74. The number of carbonyl (C=O) groups is 1. The number of fused-ring (bicyclic) bond motifs is 1. The van der Waals surface area contributed by atoms with Crippen LogP contribution >= 0.6 is 0 Å². The maximum atomic E-state index is 13.5. The number of methoxy groups -OCH3 is 1. The highest BCUT2D eigenvalue weighted by molar-refractivity contribution is 5.96. The average Bonchev–Trinajstić information content (AvgIpc) is 2.71. The summed E-state index contributed by atoms with van der Waals surface area (Å²) in [5, 5.41) is 13.3. The molecule has 0 radical (unpaired) electrons. The zero-order valence-corrected chi connectivity index (χ0v) is 18.1. The van der Waals surface area contributed by atoms with Crippen molar-refractivity contribution in [3.8, 4) is 5.75 Å². The topological polar surface area (TPSA) is 49.8 Å². The van der Waals surface area contributed by atoms with Crippen molar-refractivity contribution in [1.29, 1.82) is 0 Å². The fourth-order valence-corrected chi connectivity index (χ4v) is 7.81. The first kappa shape index (κ1) is 18.7. The highest BCUT2D eigenvalue weighted by Crippen LogP contribution is 2.62. The van der Waals surface area contributed by atoms with Crippen molar-refractivity contribution in [3.63, 3.8) is 0 Å². The molecule has 2 aromatic rings. The maximum Gasteiger partial charge on any atom is 0.231 e. The number of amides is 1. The summed E-state index contributed by atoms with van der Waals surface area (Å²) in [5.41, 5.74) is 0.338. The molecule has 4 aliphatic carbocycles. The summed E-state index contributed by atoms with van der Waals surface area (Å²) in [5.74, 6) is 2.67. The largest absolute Gasteiger partial charge is 0.496 e. The summed E-state index contributed by atoms with van der Waals surface area (Å²) >= 11 is 0. The number of hydrogen-bond donors (Lipinski definition) is 1. The number of nitrogens with zero attached hydrogens (tertiary/aromatic N) is 1. The Morgan fingerprint density at radius 1 is 1.00 bits per heavy atom. The summed E-state index contributed by atoms with van der Waals surface area (Å²) in [4.78, 5) is 15.7. The Bertz CT molecular complexity index is 1030. The number of β-lactam (4-membered cyclic amide) rings is 1. The molecule has 7 rings (SSSR count). The first-order valence-corrected chi connectivity index (χ1v) is 11.4. The summed E-state index contributed by atoms with van der Waals surface area (Å²) in [6, 6.07) is 12.9. The highest BCUT2D eigenvalue weighted by atomic mass is 16.5. The lowest BCUT2D eigenvalue weighted by Gasteiger charge is -2.66. The minimum Gasteiger partial charge on any atom is -0.496 e. The molecule has 30 heavy (non-hydrogen) atoms. The van der Waals surface area contributed by atoms with Crippen molar-refractivity contribution in [1.82, 2.24) is 4.90 Å². The van der Waals surface area contributed by atoms with E-state index >= 15 is 0 Å². The van der Waals surface area contributed by atoms with Crippen LogP contribution in [0.2, 0.25) is 0 Å². The van der Waals surface area contributed by atoms with Gasteiger partial charge in [-0.05, 0) is 80.7 Å². The number of hydrogen-bond acceptors (Lipinski definition) is 3. The van der Waals surface area contributed by atoms with Crippen molar-refractivity contribution in [2.45, 2.75) is 63.6 Å². The van der Waals surface area contributed by atoms with E-state index in [2.05, 4.69) is 43.0 Å². The van der Waals surface area contributed by atoms with Crippen LogP contribution in [0.25, 0.3) is 10.8 Å². The van der Waals surface area contributed by atoms with Crippen molar-refractivity contribution in [2.24, 2.45) is 23.2 Å². The standard InChI is InChI=1S/C26H31NO3/c1-25(2)23(20-8-9-21(30-3)19-7-5-4-6-18(19)20)27(24(25)28)22-16-10-15-11-17(22)14-26(29,12-15)13-16/h4-9,15-17,22-23,29H,10-14H2,1-3H3/t15?,16?,17?,22-,23?,26-. The van der Waals surface area contributed by atoms with Gasteiger partial charge in [-0.25, -0.2) is 0 Å². The third-order valence-electron chi connectivity index (χ3n) is 8.69. The average molecular weight is 406 g/mol. The molecule has 0 spiro atoms. The van der Waals surface area contributed by atoms with Crippen molar-refractivity contribution in [3.05, 3.63) is 42.0 Å². The van der Waals surface area contributed by atoms with E-state index in [9.17, 15) is 9.90 Å². The van der Waals surface area contributed by atoms with Gasteiger partial charge in [0.05, 0.1) is 24.2 Å². The molecular weight excluding hydrogens is 374 g/mol. The fourth-order valence-electron chi connectivity index (χ4n) is 7.81. The van der Waals surface area contributed by atoms with Gasteiger partial charge in [0.25, 0.3) is 0 Å². The maximum absolute atomic E-state index is 13.5. The molecular formula is C26H31NO3. The quantitative estimate of drug-likeness (QED) is 0.753. The van der Waals surface area contributed by atoms with Crippen LogP contribution in [0, 0.1) is 23.2 Å². The second kappa shape index (κ2) is 6.00. The van der Waals surface area contributed by atoms with Crippen LogP contribution in [-0.4, -0.2) is 34.7 Å². The molecule has 1 amide bonds.